The van der Waals surface area contributed by atoms with Crippen molar-refractivity contribution in [2.75, 3.05) is 0 Å². The van der Waals surface area contributed by atoms with E-state index in [9.17, 15) is 0 Å². The van der Waals surface area contributed by atoms with Gasteiger partial charge in [0.25, 0.3) is 0 Å². The SMILES string of the molecule is O=[N+]([O-])[O-].O=[N+]([O-])[O-].O=[N+]([O-])[O-].O=[N+]([O-])[O-].O=[N+]([O-])[O-].O=[N+]([O-])[O-].[Ce+4].[NH4+].[NH4+]. The molecule has 0 rings (SSSR count). The van der Waals surface area contributed by atoms with Crippen molar-refractivity contribution < 1.29 is 72.3 Å². The smallest absolute Gasteiger partial charge is 0.369 e. The summed E-state index contributed by atoms with van der Waals surface area (Å²) < 4.78 is 0. The number of nitrogens with zero attached hydrogens (tertiary/aromatic N) is 6. The molecule has 27 heteroatoms. The molecule has 0 aromatic carbocycles. The van der Waals surface area contributed by atoms with Crippen LogP contribution in [0.15, 0.2) is 0 Å². The summed E-state index contributed by atoms with van der Waals surface area (Å²) in [5, 5.41) is 88.5. The molecule has 0 aliphatic carbocycles. The van der Waals surface area contributed by atoms with Gasteiger partial charge >= 0.3 is 41.7 Å². The maximum atomic E-state index is 8.25. The molecule has 0 amide bonds. The largest absolute Gasteiger partial charge is 4.00 e. The molecule has 0 saturated carbocycles. The van der Waals surface area contributed by atoms with Gasteiger partial charge in [0, 0.05) is 0 Å². The van der Waals surface area contributed by atoms with Crippen LogP contribution in [0.1, 0.15) is 0 Å². The Hall–Kier alpha value is -3.50. The Morgan fingerprint density at radius 2 is 0.296 bits per heavy atom. The Balaban J connectivity index is -0.0000000201. The average Bonchev–Trinajstić information content (AvgIpc) is 2.08. The van der Waals surface area contributed by atoms with Crippen molar-refractivity contribution in [3.63, 3.8) is 0 Å². The van der Waals surface area contributed by atoms with Gasteiger partial charge in [-0.15, -0.1) is 0 Å². The third-order valence-electron chi connectivity index (χ3n) is 0. The van der Waals surface area contributed by atoms with Crippen molar-refractivity contribution >= 4 is 0 Å². The number of quaternary nitrogens is 2. The summed E-state index contributed by atoms with van der Waals surface area (Å²) in [5.41, 5.74) is 0. The van der Waals surface area contributed by atoms with Crippen molar-refractivity contribution in [2.45, 2.75) is 0 Å². The van der Waals surface area contributed by atoms with Crippen LogP contribution in [-0.4, -0.2) is 30.5 Å². The fourth-order valence-corrected chi connectivity index (χ4v) is 0. The fourth-order valence-electron chi connectivity index (χ4n) is 0. The van der Waals surface area contributed by atoms with Crippen LogP contribution >= 0.6 is 0 Å². The van der Waals surface area contributed by atoms with Crippen molar-refractivity contribution in [3.05, 3.63) is 91.9 Å². The van der Waals surface area contributed by atoms with Crippen molar-refractivity contribution in [3.8, 4) is 0 Å². The van der Waals surface area contributed by atoms with E-state index in [1.165, 1.54) is 0 Å². The van der Waals surface area contributed by atoms with Gasteiger partial charge in [-0.1, -0.05) is 0 Å². The average molecular weight is 548 g/mol. The molecular formula is H8CeN8O18. The van der Waals surface area contributed by atoms with Crippen LogP contribution in [0.3, 0.4) is 0 Å². The van der Waals surface area contributed by atoms with Crippen LogP contribution in [0.4, 0.5) is 0 Å². The molecule has 0 atom stereocenters. The summed E-state index contributed by atoms with van der Waals surface area (Å²) in [6, 6.07) is 0. The van der Waals surface area contributed by atoms with Crippen LogP contribution in [0.2, 0.25) is 0 Å². The standard InChI is InChI=1S/Ce.6NO3.2H3N/c;6*2-1(3)4;;/h;;;;;;;2*1H3/q+4;6*-1;;/p+2. The predicted octanol–water partition coefficient (Wildman–Crippen LogP) is -0.682. The monoisotopic (exact) mass is 548 g/mol. The molecule has 26 nitrogen and oxygen atoms in total. The van der Waals surface area contributed by atoms with E-state index < -0.39 is 30.5 Å². The summed E-state index contributed by atoms with van der Waals surface area (Å²) in [5.74, 6) is 0. The van der Waals surface area contributed by atoms with Crippen LogP contribution in [0.5, 0.6) is 0 Å². The minimum atomic E-state index is -1.75. The maximum absolute atomic E-state index is 8.25. The normalized spacial score (nSPS) is 5.33. The Labute approximate surface area is 176 Å². The van der Waals surface area contributed by atoms with Gasteiger partial charge in [0.05, 0.1) is 30.5 Å². The van der Waals surface area contributed by atoms with E-state index in [0.717, 1.165) is 0 Å². The topological polar surface area (TPSA) is 470 Å². The molecule has 0 radical (unpaired) electrons. The zero-order valence-corrected chi connectivity index (χ0v) is 15.7. The second-order valence-electron chi connectivity index (χ2n) is 1.34. The second kappa shape index (κ2) is 49.5. The van der Waals surface area contributed by atoms with Gasteiger partial charge in [-0.25, -0.2) is 0 Å². The molecule has 0 fully saturated rings. The van der Waals surface area contributed by atoms with Crippen LogP contribution in [0.25, 0.3) is 0 Å². The summed E-state index contributed by atoms with van der Waals surface area (Å²) in [7, 11) is 0. The molecule has 160 valence electrons. The van der Waals surface area contributed by atoms with Crippen molar-refractivity contribution in [1.29, 1.82) is 0 Å². The third-order valence-corrected chi connectivity index (χ3v) is 0. The Morgan fingerprint density at radius 3 is 0.296 bits per heavy atom. The van der Waals surface area contributed by atoms with Gasteiger partial charge in [0.2, 0.25) is 0 Å². The Morgan fingerprint density at radius 1 is 0.296 bits per heavy atom. The zero-order chi connectivity index (χ0) is 21.5. The van der Waals surface area contributed by atoms with Crippen molar-refractivity contribution in [2.24, 2.45) is 0 Å². The van der Waals surface area contributed by atoms with Crippen LogP contribution < -0.4 is 12.3 Å². The Bertz CT molecular complexity index is 260. The van der Waals surface area contributed by atoms with Gasteiger partial charge < -0.3 is 104 Å². The fraction of sp³-hybridized carbons (Fsp3) is 0. The molecule has 0 aliphatic rings. The summed E-state index contributed by atoms with van der Waals surface area (Å²) in [6.07, 6.45) is 0. The molecule has 0 saturated heterocycles. The predicted molar refractivity (Wildman–Crippen MR) is 74.1 cm³/mol. The number of hydrogen-bond donors (Lipinski definition) is 2. The molecular weight excluding hydrogens is 540 g/mol. The van der Waals surface area contributed by atoms with Crippen molar-refractivity contribution in [1.82, 2.24) is 12.3 Å². The molecule has 0 spiro atoms. The van der Waals surface area contributed by atoms with E-state index in [1.807, 2.05) is 0 Å². The van der Waals surface area contributed by atoms with E-state index in [-0.39, 0.29) is 54.0 Å². The summed E-state index contributed by atoms with van der Waals surface area (Å²) >= 11 is 0. The maximum Gasteiger partial charge on any atom is 4.00 e. The molecule has 8 N–H and O–H groups in total. The van der Waals surface area contributed by atoms with Gasteiger partial charge in [0.15, 0.2) is 0 Å². The Kier molecular flexibility index (Phi) is 104. The summed E-state index contributed by atoms with van der Waals surface area (Å²) in [4.78, 5) is 49.5. The molecule has 0 aromatic heterocycles. The first-order valence-electron chi connectivity index (χ1n) is 3.29. The van der Waals surface area contributed by atoms with Gasteiger partial charge in [-0.05, 0) is 0 Å². The van der Waals surface area contributed by atoms with E-state index >= 15 is 0 Å². The van der Waals surface area contributed by atoms with Crippen LogP contribution in [0, 0.1) is 134 Å². The first-order chi connectivity index (χ1) is 10.4. The van der Waals surface area contributed by atoms with E-state index in [1.54, 1.807) is 0 Å². The first-order valence-corrected chi connectivity index (χ1v) is 3.29. The zero-order valence-electron chi connectivity index (χ0n) is 12.5. The third kappa shape index (κ3) is 770. The molecule has 0 aliphatic heterocycles. The minimum Gasteiger partial charge on any atom is -0.369 e. The molecule has 27 heavy (non-hydrogen) atoms. The summed E-state index contributed by atoms with van der Waals surface area (Å²) in [6.45, 7) is 0. The van der Waals surface area contributed by atoms with E-state index in [0.29, 0.717) is 0 Å². The first kappa shape index (κ1) is 56.6. The minimum absolute atomic E-state index is 0. The molecule has 0 bridgehead atoms. The number of hydrogen-bond acceptors (Lipinski definition) is 18. The quantitative estimate of drug-likeness (QED) is 0.279. The molecule has 0 unspecified atom stereocenters. The molecule has 0 aromatic rings. The van der Waals surface area contributed by atoms with E-state index in [4.69, 9.17) is 91.9 Å². The second-order valence-corrected chi connectivity index (χ2v) is 1.34. The van der Waals surface area contributed by atoms with Gasteiger partial charge in [0.1, 0.15) is 0 Å². The van der Waals surface area contributed by atoms with Gasteiger partial charge in [-0.3, -0.25) is 0 Å². The van der Waals surface area contributed by atoms with E-state index in [2.05, 4.69) is 0 Å². The van der Waals surface area contributed by atoms with Gasteiger partial charge in [-0.2, -0.15) is 0 Å². The van der Waals surface area contributed by atoms with Crippen LogP contribution in [-0.2, 0) is 0 Å². The number of rotatable bonds is 0. The molecule has 0 heterocycles.